The van der Waals surface area contributed by atoms with Crippen molar-refractivity contribution in [2.75, 3.05) is 13.7 Å². The second-order valence-electron chi connectivity index (χ2n) is 7.09. The molecule has 1 fully saturated rings. The molecule has 0 bridgehead atoms. The van der Waals surface area contributed by atoms with Gasteiger partial charge in [0.15, 0.2) is 17.5 Å². The maximum Gasteiger partial charge on any atom is 0.194 e. The summed E-state index contributed by atoms with van der Waals surface area (Å²) in [5.41, 5.74) is 5.86. The number of ether oxygens (including phenoxy) is 2. The van der Waals surface area contributed by atoms with Gasteiger partial charge < -0.3 is 30.1 Å². The van der Waals surface area contributed by atoms with E-state index in [1.807, 2.05) is 0 Å². The van der Waals surface area contributed by atoms with Crippen molar-refractivity contribution >= 4 is 17.5 Å². The van der Waals surface area contributed by atoms with Crippen molar-refractivity contribution in [2.45, 2.75) is 34.7 Å². The third kappa shape index (κ3) is 5.65. The molecule has 178 valence electrons. The van der Waals surface area contributed by atoms with Gasteiger partial charge in [-0.2, -0.15) is 5.11 Å². The lowest BCUT2D eigenvalue weighted by atomic mass is 9.97. The molecule has 0 aliphatic carbocycles. The van der Waals surface area contributed by atoms with E-state index in [0.717, 1.165) is 18.0 Å². The molecule has 1 aliphatic rings. The highest BCUT2D eigenvalue weighted by atomic mass is 32.2. The van der Waals surface area contributed by atoms with Gasteiger partial charge in [0.2, 0.25) is 0 Å². The zero-order valence-electron chi connectivity index (χ0n) is 17.3. The molecule has 1 saturated heterocycles. The summed E-state index contributed by atoms with van der Waals surface area (Å²) in [5, 5.41) is 36.8. The number of nitrogens with one attached hydrogen (secondary N) is 2. The van der Waals surface area contributed by atoms with Crippen LogP contribution in [0.25, 0.3) is 5.70 Å². The Morgan fingerprint density at radius 1 is 1.21 bits per heavy atom. The molecular formula is C21H22F3N3O5S. The van der Waals surface area contributed by atoms with E-state index in [0.29, 0.717) is 22.8 Å². The van der Waals surface area contributed by atoms with Crippen LogP contribution in [0.4, 0.5) is 13.2 Å². The van der Waals surface area contributed by atoms with Crippen LogP contribution in [0, 0.1) is 23.0 Å². The predicted octanol–water partition coefficient (Wildman–Crippen LogP) is 2.63. The summed E-state index contributed by atoms with van der Waals surface area (Å²) in [6.07, 6.45) is -2.69. The van der Waals surface area contributed by atoms with E-state index >= 15 is 0 Å². The largest absolute Gasteiger partial charge is 0.497 e. The van der Waals surface area contributed by atoms with Gasteiger partial charge in [0.1, 0.15) is 35.2 Å². The van der Waals surface area contributed by atoms with Crippen LogP contribution in [0.3, 0.4) is 0 Å². The fourth-order valence-corrected chi connectivity index (χ4v) is 4.37. The molecule has 0 amide bonds. The topological polar surface area (TPSA) is 127 Å². The lowest BCUT2D eigenvalue weighted by molar-refractivity contribution is -0.164. The smallest absolute Gasteiger partial charge is 0.194 e. The van der Waals surface area contributed by atoms with Crippen LogP contribution in [-0.2, 0) is 4.74 Å². The molecule has 12 heteroatoms. The van der Waals surface area contributed by atoms with Crippen molar-refractivity contribution in [1.82, 2.24) is 5.32 Å². The van der Waals surface area contributed by atoms with Crippen molar-refractivity contribution in [3.05, 3.63) is 65.6 Å². The van der Waals surface area contributed by atoms with Gasteiger partial charge in [-0.3, -0.25) is 0 Å². The van der Waals surface area contributed by atoms with Crippen LogP contribution in [-0.4, -0.2) is 58.8 Å². The number of halogens is 3. The zero-order chi connectivity index (χ0) is 24.1. The molecule has 33 heavy (non-hydrogen) atoms. The molecule has 2 aromatic rings. The second kappa shape index (κ2) is 11.0. The second-order valence-corrected chi connectivity index (χ2v) is 8.26. The van der Waals surface area contributed by atoms with Crippen LogP contribution in [0.2, 0.25) is 0 Å². The first-order valence-corrected chi connectivity index (χ1v) is 10.6. The molecule has 5 atom stereocenters. The Morgan fingerprint density at radius 3 is 2.52 bits per heavy atom. The summed E-state index contributed by atoms with van der Waals surface area (Å²) in [7, 11) is 1.51. The Hall–Kier alpha value is -2.64. The molecule has 0 saturated carbocycles. The summed E-state index contributed by atoms with van der Waals surface area (Å²) < 4.78 is 51.2. The molecule has 8 nitrogen and oxygen atoms in total. The van der Waals surface area contributed by atoms with Crippen molar-refractivity contribution in [2.24, 2.45) is 5.11 Å². The Balaban J connectivity index is 1.84. The minimum Gasteiger partial charge on any atom is -0.497 e. The average molecular weight is 485 g/mol. The molecule has 2 aromatic carbocycles. The maximum absolute atomic E-state index is 13.6. The van der Waals surface area contributed by atoms with Crippen molar-refractivity contribution in [3.63, 3.8) is 0 Å². The van der Waals surface area contributed by atoms with Crippen LogP contribution >= 0.6 is 11.8 Å². The molecule has 1 aliphatic heterocycles. The van der Waals surface area contributed by atoms with Crippen molar-refractivity contribution in [1.29, 1.82) is 5.53 Å². The fraction of sp³-hybridized carbons (Fsp3) is 0.333. The van der Waals surface area contributed by atoms with Crippen LogP contribution in [0.5, 0.6) is 5.75 Å². The minimum absolute atomic E-state index is 0.231. The van der Waals surface area contributed by atoms with Gasteiger partial charge in [0.05, 0.1) is 19.8 Å². The monoisotopic (exact) mass is 485 g/mol. The summed E-state index contributed by atoms with van der Waals surface area (Å²) in [4.78, 5) is 0.694. The van der Waals surface area contributed by atoms with E-state index in [1.165, 1.54) is 7.11 Å². The number of rotatable bonds is 8. The van der Waals surface area contributed by atoms with E-state index in [4.69, 9.17) is 15.0 Å². The first kappa shape index (κ1) is 25.0. The standard InChI is InChI=1S/C21H22F3N3O5S/c1-31-11-3-2-4-12(7-11)33-21-20(30)18(19(29)16(9-28)32-21)26-8-15(27-25)10-5-13(22)17(24)14(23)6-10/h2-8,16,18-21,25-26,28-30H,9H2,1H3/b15-8-,27-25?/t16?,18?,19-,20?,21+/m0/s1. The molecule has 3 unspecified atom stereocenters. The number of nitrogens with zero attached hydrogens (tertiary/aromatic N) is 1. The highest BCUT2D eigenvalue weighted by Crippen LogP contribution is 2.35. The first-order valence-electron chi connectivity index (χ1n) is 9.70. The Bertz CT molecular complexity index is 1010. The van der Waals surface area contributed by atoms with Gasteiger partial charge >= 0.3 is 0 Å². The average Bonchev–Trinajstić information content (AvgIpc) is 2.81. The predicted molar refractivity (Wildman–Crippen MR) is 113 cm³/mol. The van der Waals surface area contributed by atoms with Crippen molar-refractivity contribution < 1.29 is 38.0 Å². The highest BCUT2D eigenvalue weighted by molar-refractivity contribution is 7.99. The Labute approximate surface area is 191 Å². The van der Waals surface area contributed by atoms with Gasteiger partial charge in [-0.1, -0.05) is 17.8 Å². The first-order chi connectivity index (χ1) is 15.8. The SMILES string of the molecule is COc1cccc(S[C@H]2OC(CO)[C@H](O)C(N/C=C(\N=N)c3cc(F)c(F)c(F)c3)C2O)c1. The Kier molecular flexibility index (Phi) is 8.32. The summed E-state index contributed by atoms with van der Waals surface area (Å²) in [6, 6.07) is 7.19. The van der Waals surface area contributed by atoms with Crippen molar-refractivity contribution in [3.8, 4) is 5.75 Å². The number of thioether (sulfide) groups is 1. The summed E-state index contributed by atoms with van der Waals surface area (Å²) >= 11 is 1.13. The van der Waals surface area contributed by atoms with Gasteiger partial charge in [0, 0.05) is 16.7 Å². The third-order valence-electron chi connectivity index (χ3n) is 4.99. The number of aliphatic hydroxyl groups excluding tert-OH is 3. The third-order valence-corrected chi connectivity index (χ3v) is 6.14. The molecule has 1 heterocycles. The van der Waals surface area contributed by atoms with Crippen LogP contribution in [0.1, 0.15) is 5.56 Å². The van der Waals surface area contributed by atoms with Crippen LogP contribution in [0.15, 0.2) is 52.6 Å². The van der Waals surface area contributed by atoms with Gasteiger partial charge in [-0.15, -0.1) is 0 Å². The van der Waals surface area contributed by atoms with E-state index in [9.17, 15) is 28.5 Å². The Morgan fingerprint density at radius 2 is 1.91 bits per heavy atom. The zero-order valence-corrected chi connectivity index (χ0v) is 18.1. The lowest BCUT2D eigenvalue weighted by Crippen LogP contribution is -2.61. The van der Waals surface area contributed by atoms with E-state index < -0.39 is 53.8 Å². The number of hydrogen-bond acceptors (Lipinski definition) is 9. The van der Waals surface area contributed by atoms with Crippen LogP contribution < -0.4 is 10.1 Å². The highest BCUT2D eigenvalue weighted by Gasteiger charge is 2.44. The van der Waals surface area contributed by atoms with Gasteiger partial charge in [0.25, 0.3) is 0 Å². The number of benzene rings is 2. The normalized spacial score (nSPS) is 25.5. The molecular weight excluding hydrogens is 463 g/mol. The van der Waals surface area contributed by atoms with E-state index in [2.05, 4.69) is 10.4 Å². The molecule has 0 aromatic heterocycles. The summed E-state index contributed by atoms with van der Waals surface area (Å²) in [6.45, 7) is -0.547. The van der Waals surface area contributed by atoms with E-state index in [-0.39, 0.29) is 11.3 Å². The number of aliphatic hydroxyl groups is 3. The fourth-order valence-electron chi connectivity index (χ4n) is 3.25. The minimum atomic E-state index is -1.66. The van der Waals surface area contributed by atoms with Gasteiger partial charge in [-0.25, -0.2) is 18.7 Å². The number of hydrogen-bond donors (Lipinski definition) is 5. The molecule has 5 N–H and O–H groups in total. The van der Waals surface area contributed by atoms with E-state index in [1.54, 1.807) is 24.3 Å². The molecule has 0 spiro atoms. The van der Waals surface area contributed by atoms with Gasteiger partial charge in [-0.05, 0) is 30.3 Å². The lowest BCUT2D eigenvalue weighted by Gasteiger charge is -2.42. The molecule has 3 rings (SSSR count). The maximum atomic E-state index is 13.6. The molecule has 0 radical (unpaired) electrons. The number of methoxy groups -OCH3 is 1. The quantitative estimate of drug-likeness (QED) is 0.287. The summed E-state index contributed by atoms with van der Waals surface area (Å²) in [5.74, 6) is -3.99.